The number of nitrogens with two attached hydrogens (primary N) is 1. The number of rotatable bonds is 3. The molecule has 1 heterocycles. The molecule has 0 spiro atoms. The molecule has 2 aromatic carbocycles. The summed E-state index contributed by atoms with van der Waals surface area (Å²) in [5.74, 6) is 1.89. The topological polar surface area (TPSA) is 57.4 Å². The Morgan fingerprint density at radius 2 is 1.65 bits per heavy atom. The van der Waals surface area contributed by atoms with Gasteiger partial charge in [0.1, 0.15) is 5.82 Å². The number of nitrogen functional groups attached to an aromatic ring is 1. The van der Waals surface area contributed by atoms with Gasteiger partial charge in [-0.1, -0.05) is 23.8 Å². The molecule has 0 aliphatic carbocycles. The average molecular weight is 331 g/mol. The number of aryl methyl sites for hydroxylation is 1. The van der Waals surface area contributed by atoms with E-state index < -0.39 is 0 Å². The minimum Gasteiger partial charge on any atom is -0.493 e. The number of hydrogen-bond donors (Lipinski definition) is 1. The highest BCUT2D eigenvalue weighted by Gasteiger charge is 2.09. The molecule has 5 heteroatoms. The molecule has 2 N–H and O–H groups in total. The lowest BCUT2D eigenvalue weighted by atomic mass is 10.0. The molecule has 0 saturated carbocycles. The molecule has 4 nitrogen and oxygen atoms in total. The summed E-state index contributed by atoms with van der Waals surface area (Å²) in [5, 5.41) is 2.05. The highest BCUT2D eigenvalue weighted by atomic mass is 35.5. The maximum absolute atomic E-state index is 6.10. The number of halogens is 1. The molecule has 0 radical (unpaired) electrons. The Kier molecular flexibility index (Phi) is 4.96. The van der Waals surface area contributed by atoms with E-state index in [1.807, 2.05) is 36.4 Å². The zero-order valence-electron chi connectivity index (χ0n) is 13.3. The number of pyridine rings is 1. The fourth-order valence-electron chi connectivity index (χ4n) is 2.55. The van der Waals surface area contributed by atoms with Crippen LogP contribution >= 0.6 is 12.4 Å². The zero-order valence-corrected chi connectivity index (χ0v) is 14.1. The molecule has 0 bridgehead atoms. The second-order valence-electron chi connectivity index (χ2n) is 5.19. The van der Waals surface area contributed by atoms with E-state index in [1.54, 1.807) is 14.2 Å². The second-order valence-corrected chi connectivity index (χ2v) is 5.19. The number of fused-ring (bicyclic) bond motifs is 1. The monoisotopic (exact) mass is 330 g/mol. The maximum atomic E-state index is 6.10. The molecule has 0 saturated heterocycles. The molecule has 0 atom stereocenters. The van der Waals surface area contributed by atoms with Crippen LogP contribution in [-0.2, 0) is 0 Å². The molecule has 0 unspecified atom stereocenters. The Labute approximate surface area is 141 Å². The SMILES string of the molecule is COc1ccc(-c2cc3cc(C)ccc3c(N)n2)cc1OC.Cl. The summed E-state index contributed by atoms with van der Waals surface area (Å²) in [7, 11) is 3.24. The van der Waals surface area contributed by atoms with Gasteiger partial charge in [-0.05, 0) is 36.6 Å². The van der Waals surface area contributed by atoms with Crippen molar-refractivity contribution in [1.82, 2.24) is 4.98 Å². The van der Waals surface area contributed by atoms with Crippen LogP contribution in [0, 0.1) is 6.92 Å². The summed E-state index contributed by atoms with van der Waals surface area (Å²) in [6.45, 7) is 2.06. The van der Waals surface area contributed by atoms with E-state index in [0.29, 0.717) is 17.3 Å². The van der Waals surface area contributed by atoms with Crippen LogP contribution in [0.4, 0.5) is 5.82 Å². The van der Waals surface area contributed by atoms with Crippen molar-refractivity contribution in [3.63, 3.8) is 0 Å². The lowest BCUT2D eigenvalue weighted by molar-refractivity contribution is 0.355. The third-order valence-electron chi connectivity index (χ3n) is 3.70. The van der Waals surface area contributed by atoms with Crippen LogP contribution < -0.4 is 15.2 Å². The van der Waals surface area contributed by atoms with Crippen LogP contribution in [-0.4, -0.2) is 19.2 Å². The quantitative estimate of drug-likeness (QED) is 0.780. The largest absolute Gasteiger partial charge is 0.493 e. The number of nitrogens with zero attached hydrogens (tertiary/aromatic N) is 1. The molecule has 3 rings (SSSR count). The summed E-state index contributed by atoms with van der Waals surface area (Å²) in [6.07, 6.45) is 0. The fourth-order valence-corrected chi connectivity index (χ4v) is 2.55. The first-order chi connectivity index (χ1) is 10.6. The normalized spacial score (nSPS) is 10.2. The first-order valence-electron chi connectivity index (χ1n) is 7.01. The van der Waals surface area contributed by atoms with Crippen LogP contribution in [0.25, 0.3) is 22.0 Å². The van der Waals surface area contributed by atoms with Gasteiger partial charge in [0.05, 0.1) is 19.9 Å². The average Bonchev–Trinajstić information content (AvgIpc) is 2.53. The van der Waals surface area contributed by atoms with Crippen molar-refractivity contribution >= 4 is 29.0 Å². The highest BCUT2D eigenvalue weighted by molar-refractivity contribution is 5.94. The summed E-state index contributed by atoms with van der Waals surface area (Å²) in [4.78, 5) is 4.51. The Bertz CT molecular complexity index is 850. The standard InChI is InChI=1S/C18H18N2O2.ClH/c1-11-4-6-14-13(8-11)9-15(20-18(14)19)12-5-7-16(21-2)17(10-12)22-3;/h4-10H,1-3H3,(H2,19,20);1H. The van der Waals surface area contributed by atoms with Gasteiger partial charge in [0.15, 0.2) is 11.5 Å². The van der Waals surface area contributed by atoms with E-state index in [2.05, 4.69) is 18.0 Å². The van der Waals surface area contributed by atoms with Crippen molar-refractivity contribution in [2.75, 3.05) is 20.0 Å². The summed E-state index contributed by atoms with van der Waals surface area (Å²) in [6, 6.07) is 13.9. The third-order valence-corrected chi connectivity index (χ3v) is 3.70. The smallest absolute Gasteiger partial charge is 0.161 e. The van der Waals surface area contributed by atoms with Crippen LogP contribution in [0.3, 0.4) is 0 Å². The van der Waals surface area contributed by atoms with Gasteiger partial charge in [0.2, 0.25) is 0 Å². The summed E-state index contributed by atoms with van der Waals surface area (Å²) >= 11 is 0. The molecular weight excluding hydrogens is 312 g/mol. The Balaban J connectivity index is 0.00000192. The van der Waals surface area contributed by atoms with Crippen molar-refractivity contribution in [2.45, 2.75) is 6.92 Å². The molecule has 0 aliphatic rings. The molecule has 0 aliphatic heterocycles. The Hall–Kier alpha value is -2.46. The molecule has 23 heavy (non-hydrogen) atoms. The van der Waals surface area contributed by atoms with Gasteiger partial charge in [-0.15, -0.1) is 12.4 Å². The number of aromatic nitrogens is 1. The maximum Gasteiger partial charge on any atom is 0.161 e. The van der Waals surface area contributed by atoms with E-state index in [0.717, 1.165) is 22.0 Å². The van der Waals surface area contributed by atoms with E-state index in [9.17, 15) is 0 Å². The molecule has 1 aromatic heterocycles. The van der Waals surface area contributed by atoms with Crippen molar-refractivity contribution < 1.29 is 9.47 Å². The van der Waals surface area contributed by atoms with Crippen molar-refractivity contribution in [1.29, 1.82) is 0 Å². The van der Waals surface area contributed by atoms with Crippen LogP contribution in [0.2, 0.25) is 0 Å². The van der Waals surface area contributed by atoms with Crippen LogP contribution in [0.1, 0.15) is 5.56 Å². The Morgan fingerprint density at radius 3 is 2.35 bits per heavy atom. The van der Waals surface area contributed by atoms with E-state index in [-0.39, 0.29) is 12.4 Å². The fraction of sp³-hybridized carbons (Fsp3) is 0.167. The van der Waals surface area contributed by atoms with Crippen molar-refractivity contribution in [3.05, 3.63) is 48.0 Å². The van der Waals surface area contributed by atoms with Gasteiger partial charge in [-0.3, -0.25) is 0 Å². The second kappa shape index (κ2) is 6.75. The summed E-state index contributed by atoms with van der Waals surface area (Å²) < 4.78 is 10.6. The summed E-state index contributed by atoms with van der Waals surface area (Å²) in [5.41, 5.74) is 9.05. The zero-order chi connectivity index (χ0) is 15.7. The molecule has 0 fully saturated rings. The van der Waals surface area contributed by atoms with Gasteiger partial charge in [-0.25, -0.2) is 4.98 Å². The van der Waals surface area contributed by atoms with Gasteiger partial charge in [0, 0.05) is 10.9 Å². The van der Waals surface area contributed by atoms with Crippen molar-refractivity contribution in [3.8, 4) is 22.8 Å². The minimum atomic E-state index is 0. The van der Waals surface area contributed by atoms with E-state index in [4.69, 9.17) is 15.2 Å². The van der Waals surface area contributed by atoms with Gasteiger partial charge < -0.3 is 15.2 Å². The lowest BCUT2D eigenvalue weighted by Gasteiger charge is -2.11. The van der Waals surface area contributed by atoms with Gasteiger partial charge in [-0.2, -0.15) is 0 Å². The Morgan fingerprint density at radius 1 is 0.913 bits per heavy atom. The number of ether oxygens (including phenoxy) is 2. The predicted molar refractivity (Wildman–Crippen MR) is 96.7 cm³/mol. The van der Waals surface area contributed by atoms with Gasteiger partial charge in [0.25, 0.3) is 0 Å². The van der Waals surface area contributed by atoms with Crippen LogP contribution in [0.5, 0.6) is 11.5 Å². The van der Waals surface area contributed by atoms with E-state index >= 15 is 0 Å². The number of methoxy groups -OCH3 is 2. The van der Waals surface area contributed by atoms with Crippen molar-refractivity contribution in [2.24, 2.45) is 0 Å². The number of anilines is 1. The van der Waals surface area contributed by atoms with Crippen LogP contribution in [0.15, 0.2) is 42.5 Å². The minimum absolute atomic E-state index is 0. The highest BCUT2D eigenvalue weighted by Crippen LogP contribution is 2.33. The third kappa shape index (κ3) is 3.17. The molecule has 0 amide bonds. The molecular formula is C18H19ClN2O2. The van der Waals surface area contributed by atoms with Gasteiger partial charge >= 0.3 is 0 Å². The number of hydrogen-bond acceptors (Lipinski definition) is 4. The van der Waals surface area contributed by atoms with E-state index in [1.165, 1.54) is 5.56 Å². The predicted octanol–water partition coefficient (Wildman–Crippen LogP) is 4.23. The molecule has 3 aromatic rings. The molecule has 120 valence electrons. The first kappa shape index (κ1) is 16.9. The first-order valence-corrected chi connectivity index (χ1v) is 7.01. The lowest BCUT2D eigenvalue weighted by Crippen LogP contribution is -1.96. The number of benzene rings is 2.